The highest BCUT2D eigenvalue weighted by Crippen LogP contribution is 2.58. The molecule has 1 saturated heterocycles. The second-order valence-corrected chi connectivity index (χ2v) is 7.24. The summed E-state index contributed by atoms with van der Waals surface area (Å²) in [5.74, 6) is 1.11. The Kier molecular flexibility index (Phi) is 2.64. The third-order valence-corrected chi connectivity index (χ3v) is 6.27. The van der Waals surface area contributed by atoms with Crippen molar-refractivity contribution in [1.29, 1.82) is 0 Å². The molecule has 3 heteroatoms. The van der Waals surface area contributed by atoms with E-state index < -0.39 is 12.2 Å². The Labute approximate surface area is 115 Å². The van der Waals surface area contributed by atoms with Gasteiger partial charge in [-0.15, -0.1) is 0 Å². The van der Waals surface area contributed by atoms with Crippen LogP contribution in [0.4, 0.5) is 0 Å². The lowest BCUT2D eigenvalue weighted by molar-refractivity contribution is -0.159. The van der Waals surface area contributed by atoms with Crippen LogP contribution in [0.25, 0.3) is 0 Å². The number of hydrogen-bond acceptors (Lipinski definition) is 3. The van der Waals surface area contributed by atoms with Gasteiger partial charge >= 0.3 is 0 Å². The molecule has 0 aromatic rings. The molecule has 1 spiro atoms. The fraction of sp³-hybridized carbons (Fsp3) is 0.875. The predicted molar refractivity (Wildman–Crippen MR) is 73.6 cm³/mol. The molecule has 0 aromatic carbocycles. The molecule has 2 saturated carbocycles. The predicted octanol–water partition coefficient (Wildman–Crippen LogP) is 1.55. The molecule has 106 valence electrons. The summed E-state index contributed by atoms with van der Waals surface area (Å²) in [6, 6.07) is 0. The van der Waals surface area contributed by atoms with Crippen LogP contribution < -0.4 is 0 Å². The van der Waals surface area contributed by atoms with Crippen LogP contribution in [0, 0.1) is 17.8 Å². The molecular weight excluding hydrogens is 238 g/mol. The van der Waals surface area contributed by atoms with E-state index in [4.69, 9.17) is 0 Å². The molecule has 4 aliphatic rings. The van der Waals surface area contributed by atoms with Crippen molar-refractivity contribution in [2.24, 2.45) is 17.8 Å². The summed E-state index contributed by atoms with van der Waals surface area (Å²) < 4.78 is 0. The van der Waals surface area contributed by atoms with Gasteiger partial charge in [-0.3, -0.25) is 4.90 Å². The van der Waals surface area contributed by atoms with E-state index in [1.54, 1.807) is 0 Å². The first kappa shape index (κ1) is 12.4. The molecular formula is C16H25NO2. The number of aliphatic hydroxyl groups is 2. The minimum absolute atomic E-state index is 0.0947. The van der Waals surface area contributed by atoms with Crippen molar-refractivity contribution in [1.82, 2.24) is 4.90 Å². The van der Waals surface area contributed by atoms with Crippen molar-refractivity contribution in [3.63, 3.8) is 0 Å². The molecule has 2 N–H and O–H groups in total. The average molecular weight is 263 g/mol. The minimum Gasteiger partial charge on any atom is -0.390 e. The first-order chi connectivity index (χ1) is 9.14. The maximum atomic E-state index is 10.6. The van der Waals surface area contributed by atoms with Crippen molar-refractivity contribution in [3.05, 3.63) is 11.6 Å². The number of aliphatic hydroxyl groups excluding tert-OH is 2. The standard InChI is InChI=1S/C16H25NO2/c1-10-8-11-12-4-2-6-17-7-3-5-13(15(19)14(11)18)16(12,17)9-10/h4,10-11,13-15,18-19H,2-3,5-9H2,1H3/t10-,11-,13-,14+,15-,16-/m1/s1. The van der Waals surface area contributed by atoms with Gasteiger partial charge in [-0.2, -0.15) is 0 Å². The maximum Gasteiger partial charge on any atom is 0.0868 e. The largest absolute Gasteiger partial charge is 0.390 e. The maximum absolute atomic E-state index is 10.6. The van der Waals surface area contributed by atoms with Gasteiger partial charge in [0.15, 0.2) is 0 Å². The molecule has 0 amide bonds. The zero-order valence-electron chi connectivity index (χ0n) is 11.8. The molecule has 6 atom stereocenters. The van der Waals surface area contributed by atoms with Crippen LogP contribution >= 0.6 is 0 Å². The lowest BCUT2D eigenvalue weighted by Crippen LogP contribution is -2.71. The molecule has 3 fully saturated rings. The molecule has 2 bridgehead atoms. The van der Waals surface area contributed by atoms with Crippen LogP contribution in [0.3, 0.4) is 0 Å². The van der Waals surface area contributed by atoms with Crippen LogP contribution in [-0.2, 0) is 0 Å². The second-order valence-electron chi connectivity index (χ2n) is 7.24. The van der Waals surface area contributed by atoms with Gasteiger partial charge in [-0.25, -0.2) is 0 Å². The molecule has 2 aliphatic carbocycles. The van der Waals surface area contributed by atoms with E-state index in [1.807, 2.05) is 0 Å². The van der Waals surface area contributed by atoms with Crippen molar-refractivity contribution in [2.45, 2.75) is 56.8 Å². The zero-order chi connectivity index (χ0) is 13.2. The van der Waals surface area contributed by atoms with E-state index >= 15 is 0 Å². The number of hydrogen-bond donors (Lipinski definition) is 2. The monoisotopic (exact) mass is 263 g/mol. The van der Waals surface area contributed by atoms with E-state index in [1.165, 1.54) is 25.0 Å². The van der Waals surface area contributed by atoms with Crippen molar-refractivity contribution < 1.29 is 10.2 Å². The average Bonchev–Trinajstić information content (AvgIpc) is 2.40. The van der Waals surface area contributed by atoms with Crippen molar-refractivity contribution >= 4 is 0 Å². The summed E-state index contributed by atoms with van der Waals surface area (Å²) in [5.41, 5.74) is 1.58. The van der Waals surface area contributed by atoms with Gasteiger partial charge < -0.3 is 10.2 Å². The Balaban J connectivity index is 1.88. The molecule has 3 nitrogen and oxygen atoms in total. The number of piperidine rings is 1. The van der Waals surface area contributed by atoms with Crippen LogP contribution in [0.2, 0.25) is 0 Å². The highest BCUT2D eigenvalue weighted by molar-refractivity contribution is 5.36. The fourth-order valence-electron chi connectivity index (χ4n) is 5.73. The van der Waals surface area contributed by atoms with E-state index in [0.717, 1.165) is 25.8 Å². The summed E-state index contributed by atoms with van der Waals surface area (Å²) in [5, 5.41) is 21.2. The molecule has 2 aliphatic heterocycles. The summed E-state index contributed by atoms with van der Waals surface area (Å²) >= 11 is 0. The molecule has 0 aromatic heterocycles. The SMILES string of the molecule is C[C@@H]1C[C@@H]2C3=CCCN4CCC[C@H]([C@@H](O)[C@H]2O)[C@@]34C1. The van der Waals surface area contributed by atoms with E-state index in [-0.39, 0.29) is 17.4 Å². The van der Waals surface area contributed by atoms with Crippen LogP contribution in [-0.4, -0.2) is 45.9 Å². The van der Waals surface area contributed by atoms with Crippen LogP contribution in [0.15, 0.2) is 11.6 Å². The lowest BCUT2D eigenvalue weighted by Gasteiger charge is -2.65. The van der Waals surface area contributed by atoms with Gasteiger partial charge in [0.05, 0.1) is 12.2 Å². The molecule has 4 rings (SSSR count). The Hall–Kier alpha value is -0.380. The van der Waals surface area contributed by atoms with Crippen molar-refractivity contribution in [3.8, 4) is 0 Å². The van der Waals surface area contributed by atoms with Gasteiger partial charge in [0.25, 0.3) is 0 Å². The van der Waals surface area contributed by atoms with Gasteiger partial charge in [0.2, 0.25) is 0 Å². The van der Waals surface area contributed by atoms with E-state index in [2.05, 4.69) is 17.9 Å². The molecule has 2 heterocycles. The van der Waals surface area contributed by atoms with Gasteiger partial charge in [-0.05, 0) is 50.1 Å². The molecule has 0 radical (unpaired) electrons. The lowest BCUT2D eigenvalue weighted by atomic mass is 9.51. The Bertz CT molecular complexity index is 421. The van der Waals surface area contributed by atoms with Gasteiger partial charge in [0, 0.05) is 23.9 Å². The first-order valence-corrected chi connectivity index (χ1v) is 7.96. The smallest absolute Gasteiger partial charge is 0.0868 e. The highest BCUT2D eigenvalue weighted by Gasteiger charge is 2.62. The molecule has 0 unspecified atom stereocenters. The van der Waals surface area contributed by atoms with Crippen LogP contribution in [0.5, 0.6) is 0 Å². The second kappa shape index (κ2) is 4.06. The topological polar surface area (TPSA) is 43.7 Å². The van der Waals surface area contributed by atoms with E-state index in [0.29, 0.717) is 5.92 Å². The summed E-state index contributed by atoms with van der Waals surface area (Å²) in [6.45, 7) is 4.64. The van der Waals surface area contributed by atoms with E-state index in [9.17, 15) is 10.2 Å². The summed E-state index contributed by atoms with van der Waals surface area (Å²) in [6.07, 6.45) is 6.95. The number of nitrogens with zero attached hydrogens (tertiary/aromatic N) is 1. The minimum atomic E-state index is -0.537. The Morgan fingerprint density at radius 3 is 2.95 bits per heavy atom. The fourth-order valence-corrected chi connectivity index (χ4v) is 5.73. The Morgan fingerprint density at radius 1 is 1.26 bits per heavy atom. The van der Waals surface area contributed by atoms with Crippen LogP contribution in [0.1, 0.15) is 39.0 Å². The third-order valence-electron chi connectivity index (χ3n) is 6.27. The summed E-state index contributed by atoms with van der Waals surface area (Å²) in [4.78, 5) is 2.65. The van der Waals surface area contributed by atoms with Gasteiger partial charge in [0.1, 0.15) is 0 Å². The number of rotatable bonds is 0. The van der Waals surface area contributed by atoms with Gasteiger partial charge in [-0.1, -0.05) is 13.0 Å². The zero-order valence-corrected chi connectivity index (χ0v) is 11.8. The quantitative estimate of drug-likeness (QED) is 0.652. The highest BCUT2D eigenvalue weighted by atomic mass is 16.3. The molecule has 19 heavy (non-hydrogen) atoms. The summed E-state index contributed by atoms with van der Waals surface area (Å²) in [7, 11) is 0. The first-order valence-electron chi connectivity index (χ1n) is 7.96. The normalized spacial score (nSPS) is 53.4. The third kappa shape index (κ3) is 1.44. The van der Waals surface area contributed by atoms with Crippen molar-refractivity contribution in [2.75, 3.05) is 13.1 Å². The Morgan fingerprint density at radius 2 is 2.11 bits per heavy atom.